The number of nitriles is 2. The number of nitrogen functional groups attached to an aromatic ring is 2. The summed E-state index contributed by atoms with van der Waals surface area (Å²) in [7, 11) is 3.00. The largest absolute Gasteiger partial charge is 0.508 e. The summed E-state index contributed by atoms with van der Waals surface area (Å²) in [5, 5.41) is 74.0. The number of hydrogen-bond acceptors (Lipinski definition) is 19. The molecule has 21 heteroatoms. The maximum Gasteiger partial charge on any atom is 0.508 e. The molecule has 332 valence electrons. The first-order valence-electron chi connectivity index (χ1n) is 20.1. The zero-order valence-corrected chi connectivity index (χ0v) is 34.5. The first-order chi connectivity index (χ1) is 30.9. The van der Waals surface area contributed by atoms with Gasteiger partial charge in [0.15, 0.2) is 11.6 Å². The van der Waals surface area contributed by atoms with Crippen LogP contribution in [0.2, 0.25) is 0 Å². The summed E-state index contributed by atoms with van der Waals surface area (Å²) in [6.45, 7) is -0.172. The van der Waals surface area contributed by atoms with E-state index in [1.807, 2.05) is 12.1 Å². The molecule has 0 bridgehead atoms. The minimum atomic E-state index is -1.99. The predicted molar refractivity (Wildman–Crippen MR) is 221 cm³/mol. The molecule has 2 aromatic carbocycles. The number of aliphatic hydroxyl groups is 4. The summed E-state index contributed by atoms with van der Waals surface area (Å²) in [5.41, 5.74) is 11.9. The van der Waals surface area contributed by atoms with E-state index in [1.54, 1.807) is 48.5 Å². The second-order valence-electron chi connectivity index (χ2n) is 15.3. The van der Waals surface area contributed by atoms with Crippen molar-refractivity contribution in [1.29, 1.82) is 10.5 Å². The highest BCUT2D eigenvalue weighted by molar-refractivity contribution is 5.67. The normalized spacial score (nSPS) is 25.2. The van der Waals surface area contributed by atoms with Gasteiger partial charge in [-0.15, -0.1) is 0 Å². The lowest BCUT2D eigenvalue weighted by Crippen LogP contribution is -2.40. The number of nitrogens with zero attached hydrogens (tertiary/aromatic N) is 8. The van der Waals surface area contributed by atoms with Crippen LogP contribution in [0.25, 0.3) is 11.0 Å². The zero-order valence-electron chi connectivity index (χ0n) is 34.5. The highest BCUT2D eigenvalue weighted by Crippen LogP contribution is 2.43. The number of ether oxygens (including phenoxy) is 6. The van der Waals surface area contributed by atoms with Crippen LogP contribution < -0.4 is 20.9 Å². The van der Waals surface area contributed by atoms with Crippen LogP contribution in [-0.2, 0) is 55.8 Å². The Labute approximate surface area is 364 Å². The van der Waals surface area contributed by atoms with Crippen molar-refractivity contribution in [3.05, 3.63) is 107 Å². The zero-order chi connectivity index (χ0) is 45.3. The van der Waals surface area contributed by atoms with E-state index in [0.29, 0.717) is 44.8 Å². The molecular weight excluding hydrogens is 833 g/mol. The quantitative estimate of drug-likeness (QED) is 0.0833. The van der Waals surface area contributed by atoms with Crippen LogP contribution in [0.5, 0.6) is 11.5 Å². The third-order valence-corrected chi connectivity index (χ3v) is 11.8. The first-order valence-corrected chi connectivity index (χ1v) is 20.1. The molecule has 0 amide bonds. The van der Waals surface area contributed by atoms with Gasteiger partial charge in [0.05, 0.1) is 51.0 Å². The van der Waals surface area contributed by atoms with E-state index in [1.165, 1.54) is 48.0 Å². The molecule has 0 spiro atoms. The second-order valence-corrected chi connectivity index (χ2v) is 15.3. The number of anilines is 2. The van der Waals surface area contributed by atoms with Crippen molar-refractivity contribution in [1.82, 2.24) is 29.2 Å². The lowest BCUT2D eigenvalue weighted by atomic mass is 9.91. The van der Waals surface area contributed by atoms with Crippen molar-refractivity contribution in [2.75, 3.05) is 38.9 Å². The minimum Gasteiger partial charge on any atom is -0.497 e. The van der Waals surface area contributed by atoms with Gasteiger partial charge in [0.25, 0.3) is 0 Å². The number of carbonyl (C=O) groups excluding carboxylic acids is 1. The Morgan fingerprint density at radius 1 is 0.688 bits per heavy atom. The Morgan fingerprint density at radius 3 is 1.50 bits per heavy atom. The summed E-state index contributed by atoms with van der Waals surface area (Å²) in [4.78, 5) is 20.8. The third kappa shape index (κ3) is 7.59. The second kappa shape index (κ2) is 17.6. The molecule has 2 saturated heterocycles. The van der Waals surface area contributed by atoms with E-state index in [-0.39, 0.29) is 61.9 Å². The van der Waals surface area contributed by atoms with E-state index in [4.69, 9.17) is 39.9 Å². The molecule has 6 aromatic rings. The maximum atomic E-state index is 12.8. The lowest BCUT2D eigenvalue weighted by Gasteiger charge is -2.24. The minimum absolute atomic E-state index is 0.0517. The molecule has 8 atom stereocenters. The summed E-state index contributed by atoms with van der Waals surface area (Å²) < 4.78 is 36.8. The van der Waals surface area contributed by atoms with Crippen molar-refractivity contribution in [2.45, 2.75) is 73.5 Å². The van der Waals surface area contributed by atoms with Gasteiger partial charge in [-0.05, 0) is 70.8 Å². The fourth-order valence-electron chi connectivity index (χ4n) is 8.45. The highest BCUT2D eigenvalue weighted by Gasteiger charge is 2.58. The summed E-state index contributed by atoms with van der Waals surface area (Å²) in [5.74, 6) is 1.32. The third-order valence-electron chi connectivity index (χ3n) is 11.8. The molecule has 0 radical (unpaired) electrons. The maximum absolute atomic E-state index is 12.8. The summed E-state index contributed by atoms with van der Waals surface area (Å²) in [6.07, 6.45) is -6.29. The van der Waals surface area contributed by atoms with Gasteiger partial charge in [0.2, 0.25) is 11.2 Å². The van der Waals surface area contributed by atoms with Crippen LogP contribution in [0.15, 0.2) is 73.3 Å². The number of aromatic nitrogens is 6. The Kier molecular flexibility index (Phi) is 12.0. The highest BCUT2D eigenvalue weighted by atomic mass is 16.7. The van der Waals surface area contributed by atoms with E-state index < -0.39 is 54.0 Å². The fourth-order valence-corrected chi connectivity index (χ4v) is 8.45. The molecule has 8 N–H and O–H groups in total. The van der Waals surface area contributed by atoms with Crippen molar-refractivity contribution < 1.29 is 53.6 Å². The molecular formula is C43H44N10O11. The van der Waals surface area contributed by atoms with Crippen molar-refractivity contribution in [3.63, 3.8) is 0 Å². The number of hydrogen-bond donors (Lipinski definition) is 6. The summed E-state index contributed by atoms with van der Waals surface area (Å²) in [6, 6.07) is 20.8. The Bertz CT molecular complexity index is 2600. The molecule has 0 unspecified atom stereocenters. The predicted octanol–water partition coefficient (Wildman–Crippen LogP) is 1.06. The average molecular weight is 877 g/mol. The van der Waals surface area contributed by atoms with Gasteiger partial charge in [-0.25, -0.2) is 23.8 Å². The molecule has 2 fully saturated rings. The molecule has 8 rings (SSSR count). The Balaban J connectivity index is 0.896. The van der Waals surface area contributed by atoms with Crippen LogP contribution in [0, 0.1) is 22.7 Å². The molecule has 6 heterocycles. The molecule has 64 heavy (non-hydrogen) atoms. The lowest BCUT2D eigenvalue weighted by molar-refractivity contribution is -0.0501. The number of benzene rings is 2. The van der Waals surface area contributed by atoms with Gasteiger partial charge < -0.3 is 60.3 Å². The number of nitrogens with two attached hydrogens (primary N) is 2. The van der Waals surface area contributed by atoms with Gasteiger partial charge in [0, 0.05) is 25.7 Å². The Hall–Kier alpha value is -7.11. The topological polar surface area (TPSA) is 313 Å². The van der Waals surface area contributed by atoms with Crippen LogP contribution in [-0.4, -0.2) is 120 Å². The van der Waals surface area contributed by atoms with Gasteiger partial charge >= 0.3 is 6.16 Å². The van der Waals surface area contributed by atoms with E-state index >= 15 is 0 Å². The number of aliphatic hydroxyl groups excluding tert-OH is 4. The van der Waals surface area contributed by atoms with E-state index in [0.717, 1.165) is 0 Å². The van der Waals surface area contributed by atoms with Gasteiger partial charge in [-0.1, -0.05) is 12.1 Å². The standard InChI is InChI=1S/C43H44N10O11/c1-59-27-5-3-23(25(15-27)17-31-35(54)37(56)42(19-44,63-31)33-9-7-29-39(46)48-21-50-52(29)33)11-13-61-41(58)62-14-12-24-4-6-28(60-2)16-26(24)18-32-36(55)38(57)43(20-45,64-32)34-10-8-30-40(47)49-22-51-53(30)34/h3-10,15-16,21-22,31-32,35-38,54-57H,11-14,17-18H2,1-2H3,(H2,46,48,50)(H2,47,49,51)/t31-,32-,35-,36-,37-,38-,42+,43+/m1/s1. The Morgan fingerprint density at radius 2 is 1.11 bits per heavy atom. The molecule has 21 nitrogen and oxygen atoms in total. The molecule has 2 aliphatic rings. The number of rotatable bonds is 14. The monoisotopic (exact) mass is 876 g/mol. The van der Waals surface area contributed by atoms with Gasteiger partial charge in [-0.3, -0.25) is 0 Å². The van der Waals surface area contributed by atoms with Crippen LogP contribution in [0.1, 0.15) is 33.6 Å². The SMILES string of the molecule is COc1ccc(CCOC(=O)OCCc2ccc(OC)cc2C[C@H]2O[C@@](C#N)(c3ccc4c(N)ncnn34)[C@H](O)[C@@H]2O)c(C[C@H]2O[C@@](C#N)(c3ccc4c(N)ncnn34)[C@H](O)[C@@H]2O)c1. The van der Waals surface area contributed by atoms with E-state index in [9.17, 15) is 35.7 Å². The van der Waals surface area contributed by atoms with Crippen molar-refractivity contribution >= 4 is 28.8 Å². The van der Waals surface area contributed by atoms with Crippen molar-refractivity contribution in [2.24, 2.45) is 0 Å². The molecule has 2 aliphatic heterocycles. The number of methoxy groups -OCH3 is 2. The summed E-state index contributed by atoms with van der Waals surface area (Å²) >= 11 is 0. The van der Waals surface area contributed by atoms with Crippen molar-refractivity contribution in [3.8, 4) is 23.6 Å². The number of carbonyl (C=O) groups is 1. The smallest absolute Gasteiger partial charge is 0.497 e. The first kappa shape index (κ1) is 43.5. The average Bonchev–Trinajstić information content (AvgIpc) is 4.06. The van der Waals surface area contributed by atoms with Crippen LogP contribution in [0.3, 0.4) is 0 Å². The molecule has 0 saturated carbocycles. The van der Waals surface area contributed by atoms with E-state index in [2.05, 4.69) is 20.2 Å². The molecule has 0 aliphatic carbocycles. The van der Waals surface area contributed by atoms with Gasteiger partial charge in [0.1, 0.15) is 71.7 Å². The molecule has 4 aromatic heterocycles. The van der Waals surface area contributed by atoms with Gasteiger partial charge in [-0.2, -0.15) is 20.7 Å². The van der Waals surface area contributed by atoms with Crippen LogP contribution in [0.4, 0.5) is 16.4 Å². The van der Waals surface area contributed by atoms with Crippen LogP contribution >= 0.6 is 0 Å². The fraction of sp³-hybridized carbons (Fsp3) is 0.372. The number of fused-ring (bicyclic) bond motifs is 2.